The second-order valence-corrected chi connectivity index (χ2v) is 23.9. The maximum absolute atomic E-state index is 15.1. The highest BCUT2D eigenvalue weighted by molar-refractivity contribution is 8.77. The smallest absolute Gasteiger partial charge is 0.245 e. The Morgan fingerprint density at radius 3 is 2.07 bits per heavy atom. The number of carbonyl (C=O) groups is 9. The lowest BCUT2D eigenvalue weighted by atomic mass is 9.90. The quantitative estimate of drug-likeness (QED) is 0.0190. The Bertz CT molecular complexity index is 2950. The maximum atomic E-state index is 15.1. The van der Waals surface area contributed by atoms with E-state index in [1.165, 1.54) is 12.1 Å². The van der Waals surface area contributed by atoms with Crippen LogP contribution in [0.4, 0.5) is 0 Å². The van der Waals surface area contributed by atoms with Crippen molar-refractivity contribution < 1.29 is 53.4 Å². The molecule has 0 aliphatic carbocycles. The Kier molecular flexibility index (Phi) is 26.1. The number of unbranched alkanes of at least 4 members (excludes halogenated alkanes) is 1. The van der Waals surface area contributed by atoms with E-state index in [1.807, 2.05) is 36.4 Å². The third-order valence-electron chi connectivity index (χ3n) is 13.9. The van der Waals surface area contributed by atoms with Crippen LogP contribution in [0.1, 0.15) is 75.5 Å². The average molecular weight is 1200 g/mol. The van der Waals surface area contributed by atoms with Gasteiger partial charge in [0.2, 0.25) is 53.2 Å². The largest absolute Gasteiger partial charge is 0.508 e. The summed E-state index contributed by atoms with van der Waals surface area (Å²) in [6.45, 7) is 3.62. The summed E-state index contributed by atoms with van der Waals surface area (Å²) in [5.74, 6) is -9.11. The molecule has 1 heterocycles. The number of nitrogens with one attached hydrogen (secondary N) is 8. The number of aliphatic imine (C=N–C) groups is 1. The summed E-state index contributed by atoms with van der Waals surface area (Å²) in [6.07, 6.45) is 0.919. The van der Waals surface area contributed by atoms with Crippen molar-refractivity contribution in [2.24, 2.45) is 33.7 Å². The van der Waals surface area contributed by atoms with Gasteiger partial charge < -0.3 is 81.4 Å². The van der Waals surface area contributed by atoms with E-state index in [0.29, 0.717) is 29.5 Å². The van der Waals surface area contributed by atoms with Gasteiger partial charge in [0.1, 0.15) is 48.0 Å². The molecule has 0 bridgehead atoms. The predicted molar refractivity (Wildman–Crippen MR) is 322 cm³/mol. The second kappa shape index (κ2) is 32.8. The first-order valence-corrected chi connectivity index (χ1v) is 29.7. The van der Waals surface area contributed by atoms with Crippen LogP contribution in [0, 0.1) is 0 Å². The van der Waals surface area contributed by atoms with Gasteiger partial charge in [-0.2, -0.15) is 0 Å². The third kappa shape index (κ3) is 20.7. The summed E-state index contributed by atoms with van der Waals surface area (Å²) in [4.78, 5) is 131. The van der Waals surface area contributed by atoms with Crippen LogP contribution in [0.25, 0.3) is 10.8 Å². The van der Waals surface area contributed by atoms with E-state index in [0.717, 1.165) is 32.4 Å². The molecule has 4 aromatic carbocycles. The molecule has 1 fully saturated rings. The Morgan fingerprint density at radius 2 is 1.40 bits per heavy atom. The molecule has 25 nitrogen and oxygen atoms in total. The van der Waals surface area contributed by atoms with Crippen molar-refractivity contribution in [2.45, 2.75) is 125 Å². The van der Waals surface area contributed by atoms with Gasteiger partial charge in [0.15, 0.2) is 5.96 Å². The fraction of sp³-hybridized carbons (Fsp3) is 0.439. The van der Waals surface area contributed by atoms with Crippen molar-refractivity contribution >= 4 is 91.5 Å². The summed E-state index contributed by atoms with van der Waals surface area (Å²) < 4.78 is -1.37. The van der Waals surface area contributed by atoms with Gasteiger partial charge in [-0.1, -0.05) is 113 Å². The van der Waals surface area contributed by atoms with Crippen LogP contribution >= 0.6 is 21.6 Å². The molecule has 454 valence electrons. The molecule has 5 rings (SSSR count). The van der Waals surface area contributed by atoms with Gasteiger partial charge in [0.25, 0.3) is 0 Å². The first-order chi connectivity index (χ1) is 40.0. The minimum Gasteiger partial charge on any atom is -0.508 e. The van der Waals surface area contributed by atoms with Crippen LogP contribution in [0.15, 0.2) is 102 Å². The van der Waals surface area contributed by atoms with Gasteiger partial charge in [0.05, 0.1) is 19.2 Å². The number of carbonyl (C=O) groups excluding carboxylic acids is 9. The zero-order valence-corrected chi connectivity index (χ0v) is 48.8. The van der Waals surface area contributed by atoms with E-state index >= 15 is 4.79 Å². The van der Waals surface area contributed by atoms with Crippen LogP contribution in [-0.2, 0) is 56.0 Å². The van der Waals surface area contributed by atoms with Crippen molar-refractivity contribution in [3.63, 3.8) is 0 Å². The van der Waals surface area contributed by atoms with Crippen molar-refractivity contribution in [1.82, 2.24) is 42.5 Å². The van der Waals surface area contributed by atoms with E-state index in [9.17, 15) is 48.6 Å². The van der Waals surface area contributed by atoms with Gasteiger partial charge in [0, 0.05) is 29.4 Å². The first-order valence-electron chi connectivity index (χ1n) is 27.4. The maximum Gasteiger partial charge on any atom is 0.245 e. The Labute approximate surface area is 495 Å². The van der Waals surface area contributed by atoms with Crippen LogP contribution in [0.5, 0.6) is 5.75 Å². The summed E-state index contributed by atoms with van der Waals surface area (Å²) in [7, 11) is 2.02. The number of phenolic OH excluding ortho intramolecular Hbond substituents is 1. The van der Waals surface area contributed by atoms with Crippen molar-refractivity contribution in [3.8, 4) is 5.75 Å². The van der Waals surface area contributed by atoms with Gasteiger partial charge in [-0.05, 0) is 98.5 Å². The fourth-order valence-electron chi connectivity index (χ4n) is 9.02. The fourth-order valence-corrected chi connectivity index (χ4v) is 11.8. The molecule has 0 spiro atoms. The molecular weight excluding hydrogens is 1120 g/mol. The van der Waals surface area contributed by atoms with Crippen molar-refractivity contribution in [3.05, 3.63) is 114 Å². The SMILES string of the molecule is CC(c1ccc2ccccc2c1)C1NC(=O)C(NC(=O)C(N)Cc2ccc(O)cc2)C(C)(C)SSCC(C(=O)NC(CCCCN)C(=O)NC(CCCN=C(N)N)C(N)=O)NC(=O)C(Cc2ccccc2)NC(=O)C(CO)NC(=O)CNC1=O. The summed E-state index contributed by atoms with van der Waals surface area (Å²) in [5.41, 5.74) is 30.6. The molecule has 4 aromatic rings. The zero-order chi connectivity index (χ0) is 61.5. The number of rotatable bonds is 22. The van der Waals surface area contributed by atoms with Gasteiger partial charge in [-0.25, -0.2) is 0 Å². The monoisotopic (exact) mass is 1200 g/mol. The average Bonchev–Trinajstić information content (AvgIpc) is 3.58. The number of amides is 9. The molecule has 9 amide bonds. The van der Waals surface area contributed by atoms with Crippen LogP contribution < -0.4 is 71.2 Å². The molecule has 9 unspecified atom stereocenters. The number of fused-ring (bicyclic) bond motifs is 1. The summed E-state index contributed by atoms with van der Waals surface area (Å²) in [6, 6.07) is 16.2. The number of aliphatic hydroxyl groups is 1. The Hall–Kier alpha value is -7.98. The number of hydrogen-bond donors (Lipinski definition) is 15. The van der Waals surface area contributed by atoms with E-state index < -0.39 is 125 Å². The molecule has 1 saturated heterocycles. The molecule has 9 atom stereocenters. The highest BCUT2D eigenvalue weighted by Gasteiger charge is 2.42. The summed E-state index contributed by atoms with van der Waals surface area (Å²) in [5, 5.41) is 43.3. The predicted octanol–water partition coefficient (Wildman–Crippen LogP) is -1.19. The Morgan fingerprint density at radius 1 is 0.738 bits per heavy atom. The van der Waals surface area contributed by atoms with Gasteiger partial charge in [-0.3, -0.25) is 48.1 Å². The zero-order valence-electron chi connectivity index (χ0n) is 47.1. The molecular formula is C57H78N14O11S2. The number of phenols is 1. The molecule has 20 N–H and O–H groups in total. The number of nitrogens with two attached hydrogens (primary N) is 5. The molecule has 0 radical (unpaired) electrons. The van der Waals surface area contributed by atoms with Gasteiger partial charge in [-0.15, -0.1) is 0 Å². The molecule has 1 aliphatic rings. The van der Waals surface area contributed by atoms with E-state index in [2.05, 4.69) is 47.5 Å². The highest BCUT2D eigenvalue weighted by Crippen LogP contribution is 2.39. The summed E-state index contributed by atoms with van der Waals surface area (Å²) >= 11 is 0. The van der Waals surface area contributed by atoms with E-state index in [4.69, 9.17) is 28.7 Å². The van der Waals surface area contributed by atoms with Crippen molar-refractivity contribution in [1.29, 1.82) is 0 Å². The number of aliphatic hydroxyl groups excluding tert-OH is 1. The number of primary amides is 1. The Balaban J connectivity index is 1.57. The topological polar surface area (TPSA) is 433 Å². The molecule has 84 heavy (non-hydrogen) atoms. The number of nitrogens with zero attached hydrogens (tertiary/aromatic N) is 1. The molecule has 1 aliphatic heterocycles. The van der Waals surface area contributed by atoms with E-state index in [1.54, 1.807) is 69.3 Å². The lowest BCUT2D eigenvalue weighted by molar-refractivity contribution is -0.135. The number of hydrogen-bond acceptors (Lipinski definition) is 16. The van der Waals surface area contributed by atoms with Crippen molar-refractivity contribution in [2.75, 3.05) is 32.0 Å². The normalized spacial score (nSPS) is 20.6. The first kappa shape index (κ1) is 66.8. The van der Waals surface area contributed by atoms with Crippen LogP contribution in [0.2, 0.25) is 0 Å². The van der Waals surface area contributed by atoms with E-state index in [-0.39, 0.29) is 62.7 Å². The molecule has 0 aromatic heterocycles. The second-order valence-electron chi connectivity index (χ2n) is 20.9. The third-order valence-corrected chi connectivity index (χ3v) is 17.2. The number of benzene rings is 4. The van der Waals surface area contributed by atoms with Crippen LogP contribution in [-0.4, -0.2) is 154 Å². The minimum absolute atomic E-state index is 0.00723. The lowest BCUT2D eigenvalue weighted by Crippen LogP contribution is -2.62. The number of guanidine groups is 1. The standard InChI is InChI=1S/C57H78N14O11S2/c1-32(36-21-20-35-14-7-8-15-37(35)28-36)46-54(81)64-29-45(74)65-43(30-72)52(79)68-42(27-33-12-5-4-6-13-33)51(78)69-44(53(80)67-41(16-9-10-24-58)50(77)66-40(48(60)75)17-11-25-63-56(61)62)31-83-84-57(2,3)47(55(82)70-46)71-49(76)39(59)26-34-18-22-38(73)23-19-34/h4-8,12-15,18-23,28,32,39-44,46-47,72-73H,9-11,16-17,24-27,29-31,58-59H2,1-3H3,(H2,60,75)(H,64,81)(H,65,74)(H,66,77)(H,67,80)(H,68,79)(H,69,78)(H,70,82)(H,71,76)(H4,61,62,63). The highest BCUT2D eigenvalue weighted by atomic mass is 33.1. The van der Waals surface area contributed by atoms with Gasteiger partial charge >= 0.3 is 0 Å². The number of aromatic hydroxyl groups is 1. The van der Waals surface area contributed by atoms with Crippen LogP contribution in [0.3, 0.4) is 0 Å². The lowest BCUT2D eigenvalue weighted by Gasteiger charge is -2.35. The minimum atomic E-state index is -1.67. The molecule has 0 saturated carbocycles. The molecule has 27 heteroatoms.